The van der Waals surface area contributed by atoms with E-state index in [1.54, 1.807) is 0 Å². The van der Waals surface area contributed by atoms with Gasteiger partial charge in [-0.15, -0.1) is 0 Å². The summed E-state index contributed by atoms with van der Waals surface area (Å²) < 4.78 is 8.87. The minimum absolute atomic E-state index is 0.602. The van der Waals surface area contributed by atoms with E-state index in [2.05, 4.69) is 14.8 Å². The smallest absolute Gasteiger partial charge is 0.328 e. The molecule has 7 nitrogen and oxygen atoms in total. The van der Waals surface area contributed by atoms with Crippen LogP contribution in [0.15, 0.2) is 12.3 Å². The van der Waals surface area contributed by atoms with Crippen LogP contribution in [0.5, 0.6) is 0 Å². The fourth-order valence-corrected chi connectivity index (χ4v) is 0.752. The summed E-state index contributed by atoms with van der Waals surface area (Å²) in [5.41, 5.74) is 0. The molecular weight excluding hydrogens is 216 g/mol. The van der Waals surface area contributed by atoms with Crippen LogP contribution < -0.4 is 10.6 Å². The van der Waals surface area contributed by atoms with Crippen molar-refractivity contribution in [1.82, 2.24) is 10.6 Å². The second-order valence-corrected chi connectivity index (χ2v) is 2.75. The molecule has 0 bridgehead atoms. The normalized spacial score (nSPS) is 11.7. The average Bonchev–Trinajstić information content (AvgIpc) is 2.24. The van der Waals surface area contributed by atoms with Crippen LogP contribution in [0.4, 0.5) is 4.79 Å². The van der Waals surface area contributed by atoms with E-state index >= 15 is 0 Å². The van der Waals surface area contributed by atoms with Gasteiger partial charge in [-0.3, -0.25) is 10.1 Å². The number of hydrogen-bond donors (Lipinski definition) is 2. The Morgan fingerprint density at radius 2 is 1.88 bits per heavy atom. The van der Waals surface area contributed by atoms with Gasteiger partial charge < -0.3 is 14.8 Å². The van der Waals surface area contributed by atoms with E-state index in [1.165, 1.54) is 21.1 Å². The van der Waals surface area contributed by atoms with Crippen LogP contribution in [0.25, 0.3) is 0 Å². The Hall–Kier alpha value is -2.05. The largest absolute Gasteiger partial charge is 0.504 e. The Labute approximate surface area is 92.8 Å². The van der Waals surface area contributed by atoms with Crippen LogP contribution in [-0.2, 0) is 19.1 Å². The van der Waals surface area contributed by atoms with E-state index in [9.17, 15) is 14.4 Å². The molecule has 0 spiro atoms. The number of hydrogen-bond acceptors (Lipinski definition) is 5. The van der Waals surface area contributed by atoms with Gasteiger partial charge in [0, 0.05) is 6.08 Å². The minimum Gasteiger partial charge on any atom is -0.504 e. The monoisotopic (exact) mass is 230 g/mol. The summed E-state index contributed by atoms with van der Waals surface area (Å²) in [5.74, 6) is -1.26. The summed E-state index contributed by atoms with van der Waals surface area (Å²) in [4.78, 5) is 33.0. The fraction of sp³-hybridized carbons (Fsp3) is 0.444. The summed E-state index contributed by atoms with van der Waals surface area (Å²) >= 11 is 0. The number of urea groups is 1. The summed E-state index contributed by atoms with van der Waals surface area (Å²) in [6.07, 6.45) is 2.15. The summed E-state index contributed by atoms with van der Waals surface area (Å²) in [6, 6.07) is -1.62. The molecule has 0 fully saturated rings. The molecule has 0 aromatic heterocycles. The van der Waals surface area contributed by atoms with Gasteiger partial charge in [0.05, 0.1) is 20.5 Å². The van der Waals surface area contributed by atoms with Crippen LogP contribution in [0.1, 0.15) is 6.92 Å². The molecular formula is C9H14N2O5. The van der Waals surface area contributed by atoms with Crippen molar-refractivity contribution in [2.75, 3.05) is 14.2 Å². The lowest BCUT2D eigenvalue weighted by molar-refractivity contribution is -0.142. The van der Waals surface area contributed by atoms with Gasteiger partial charge in [0.1, 0.15) is 6.04 Å². The van der Waals surface area contributed by atoms with Gasteiger partial charge in [0.15, 0.2) is 0 Å². The standard InChI is InChI=1S/C9H14N2O5/c1-6(8(13)16-3)10-9(14)11-7(12)4-5-15-2/h4-6H,1-3H3,(H2,10,11,12,14)/b5-4+/t6-/m0/s1. The van der Waals surface area contributed by atoms with Crippen LogP contribution >= 0.6 is 0 Å². The second kappa shape index (κ2) is 7.27. The van der Waals surface area contributed by atoms with Crippen molar-refractivity contribution in [2.24, 2.45) is 0 Å². The highest BCUT2D eigenvalue weighted by molar-refractivity contribution is 6.00. The maximum Gasteiger partial charge on any atom is 0.328 e. The average molecular weight is 230 g/mol. The highest BCUT2D eigenvalue weighted by Gasteiger charge is 2.16. The molecule has 0 aliphatic rings. The van der Waals surface area contributed by atoms with E-state index in [-0.39, 0.29) is 0 Å². The maximum atomic E-state index is 11.1. The molecule has 0 heterocycles. The summed E-state index contributed by atoms with van der Waals surface area (Å²) in [7, 11) is 2.56. The Bertz CT molecular complexity index is 300. The quantitative estimate of drug-likeness (QED) is 0.387. The molecule has 16 heavy (non-hydrogen) atoms. The Balaban J connectivity index is 4.04. The Morgan fingerprint density at radius 1 is 1.25 bits per heavy atom. The van der Waals surface area contributed by atoms with E-state index < -0.39 is 23.9 Å². The van der Waals surface area contributed by atoms with Gasteiger partial charge in [-0.25, -0.2) is 9.59 Å². The Morgan fingerprint density at radius 3 is 2.38 bits per heavy atom. The number of imide groups is 1. The van der Waals surface area contributed by atoms with Crippen molar-refractivity contribution in [3.8, 4) is 0 Å². The van der Waals surface area contributed by atoms with E-state index in [1.807, 2.05) is 5.32 Å². The van der Waals surface area contributed by atoms with Gasteiger partial charge in [0.2, 0.25) is 0 Å². The molecule has 0 aromatic carbocycles. The lowest BCUT2D eigenvalue weighted by Gasteiger charge is -2.10. The predicted octanol–water partition coefficient (Wildman–Crippen LogP) is -0.466. The third-order valence-electron chi connectivity index (χ3n) is 1.49. The van der Waals surface area contributed by atoms with Crippen molar-refractivity contribution in [1.29, 1.82) is 0 Å². The number of rotatable bonds is 4. The highest BCUT2D eigenvalue weighted by atomic mass is 16.5. The molecule has 0 radical (unpaired) electrons. The third kappa shape index (κ3) is 5.63. The van der Waals surface area contributed by atoms with Crippen LogP contribution in [-0.4, -0.2) is 38.2 Å². The molecule has 0 saturated heterocycles. The highest BCUT2D eigenvalue weighted by Crippen LogP contribution is 1.85. The molecule has 0 saturated carbocycles. The zero-order valence-corrected chi connectivity index (χ0v) is 9.27. The number of amides is 3. The van der Waals surface area contributed by atoms with Crippen molar-refractivity contribution in [3.05, 3.63) is 12.3 Å². The number of nitrogens with one attached hydrogen (secondary N) is 2. The minimum atomic E-state index is -0.829. The number of ether oxygens (including phenoxy) is 2. The van der Waals surface area contributed by atoms with E-state index in [0.717, 1.165) is 12.3 Å². The first-order valence-corrected chi connectivity index (χ1v) is 4.40. The van der Waals surface area contributed by atoms with Gasteiger partial charge in [0.25, 0.3) is 5.91 Å². The topological polar surface area (TPSA) is 93.7 Å². The fourth-order valence-electron chi connectivity index (χ4n) is 0.752. The molecule has 0 aliphatic heterocycles. The lowest BCUT2D eigenvalue weighted by atomic mass is 10.3. The molecule has 7 heteroatoms. The molecule has 0 rings (SSSR count). The van der Waals surface area contributed by atoms with Crippen LogP contribution in [0.3, 0.4) is 0 Å². The number of carbonyl (C=O) groups excluding carboxylic acids is 3. The molecule has 0 aliphatic carbocycles. The SMILES string of the molecule is CO/C=C/C(=O)NC(=O)N[C@@H](C)C(=O)OC. The zero-order valence-electron chi connectivity index (χ0n) is 9.27. The lowest BCUT2D eigenvalue weighted by Crippen LogP contribution is -2.46. The molecule has 0 unspecified atom stereocenters. The van der Waals surface area contributed by atoms with Gasteiger partial charge in [-0.1, -0.05) is 0 Å². The van der Waals surface area contributed by atoms with E-state index in [4.69, 9.17) is 0 Å². The molecule has 2 N–H and O–H groups in total. The van der Waals surface area contributed by atoms with Crippen molar-refractivity contribution in [2.45, 2.75) is 13.0 Å². The van der Waals surface area contributed by atoms with Crippen molar-refractivity contribution < 1.29 is 23.9 Å². The van der Waals surface area contributed by atoms with Gasteiger partial charge in [-0.2, -0.15) is 0 Å². The maximum absolute atomic E-state index is 11.1. The number of esters is 1. The van der Waals surface area contributed by atoms with Crippen molar-refractivity contribution >= 4 is 17.9 Å². The number of methoxy groups -OCH3 is 2. The summed E-state index contributed by atoms with van der Waals surface area (Å²) in [5, 5.41) is 4.18. The number of carbonyl (C=O) groups is 3. The summed E-state index contributed by atoms with van der Waals surface area (Å²) in [6.45, 7) is 1.43. The first-order valence-electron chi connectivity index (χ1n) is 4.40. The van der Waals surface area contributed by atoms with Gasteiger partial charge >= 0.3 is 12.0 Å². The first kappa shape index (κ1) is 13.9. The first-order chi connectivity index (χ1) is 7.51. The molecule has 0 aromatic rings. The molecule has 3 amide bonds. The van der Waals surface area contributed by atoms with Crippen molar-refractivity contribution in [3.63, 3.8) is 0 Å². The van der Waals surface area contributed by atoms with Gasteiger partial charge in [-0.05, 0) is 6.92 Å². The van der Waals surface area contributed by atoms with E-state index in [0.29, 0.717) is 0 Å². The van der Waals surface area contributed by atoms with Crippen LogP contribution in [0.2, 0.25) is 0 Å². The predicted molar refractivity (Wildman–Crippen MR) is 54.3 cm³/mol. The third-order valence-corrected chi connectivity index (χ3v) is 1.49. The molecule has 90 valence electrons. The molecule has 1 atom stereocenters. The zero-order chi connectivity index (χ0) is 12.6. The second-order valence-electron chi connectivity index (χ2n) is 2.75. The Kier molecular flexibility index (Phi) is 6.34. The van der Waals surface area contributed by atoms with Crippen LogP contribution in [0, 0.1) is 0 Å².